The van der Waals surface area contributed by atoms with Crippen LogP contribution in [0.4, 0.5) is 0 Å². The van der Waals surface area contributed by atoms with E-state index >= 15 is 0 Å². The minimum absolute atomic E-state index is 0.415. The average molecular weight is 349 g/mol. The van der Waals surface area contributed by atoms with Crippen LogP contribution < -0.4 is 0 Å². The summed E-state index contributed by atoms with van der Waals surface area (Å²) in [6.07, 6.45) is 3.79. The normalized spacial score (nSPS) is 11.6. The van der Waals surface area contributed by atoms with Crippen LogP contribution in [0.1, 0.15) is 6.92 Å². The second-order valence-electron chi connectivity index (χ2n) is 4.28. The number of pyridine rings is 1. The topological polar surface area (TPSA) is 30.7 Å². The third-order valence-electron chi connectivity index (χ3n) is 2.95. The third kappa shape index (κ3) is 2.37. The Morgan fingerprint density at radius 1 is 1.10 bits per heavy atom. The maximum absolute atomic E-state index is 6.12. The predicted octanol–water partition coefficient (Wildman–Crippen LogP) is 5.00. The minimum atomic E-state index is 0.415. The van der Waals surface area contributed by atoms with E-state index in [1.807, 2.05) is 60.2 Å². The van der Waals surface area contributed by atoms with Gasteiger partial charge >= 0.3 is 0 Å². The van der Waals surface area contributed by atoms with Gasteiger partial charge in [-0.1, -0.05) is 34.1 Å². The summed E-state index contributed by atoms with van der Waals surface area (Å²) < 4.78 is 2.86. The van der Waals surface area contributed by atoms with Gasteiger partial charge in [-0.15, -0.1) is 0 Å². The molecular formula is C15H11BrClN3. The summed E-state index contributed by atoms with van der Waals surface area (Å²) in [7, 11) is 0. The van der Waals surface area contributed by atoms with Crippen molar-refractivity contribution in [2.24, 2.45) is 0 Å². The number of hydrogen-bond donors (Lipinski definition) is 0. The van der Waals surface area contributed by atoms with Gasteiger partial charge < -0.3 is 0 Å². The van der Waals surface area contributed by atoms with E-state index in [4.69, 9.17) is 11.6 Å². The molecule has 0 fully saturated rings. The van der Waals surface area contributed by atoms with Crippen molar-refractivity contribution >= 4 is 44.9 Å². The Labute approximate surface area is 130 Å². The zero-order chi connectivity index (χ0) is 14.1. The summed E-state index contributed by atoms with van der Waals surface area (Å²) in [4.78, 5) is 8.87. The van der Waals surface area contributed by atoms with Gasteiger partial charge in [0.25, 0.3) is 0 Å². The maximum atomic E-state index is 6.12. The molecule has 2 aromatic heterocycles. The van der Waals surface area contributed by atoms with Crippen LogP contribution in [-0.4, -0.2) is 14.5 Å². The van der Waals surface area contributed by atoms with Crippen molar-refractivity contribution in [3.8, 4) is 11.3 Å². The molecule has 0 saturated heterocycles. The lowest BCUT2D eigenvalue weighted by Gasteiger charge is -2.02. The highest BCUT2D eigenvalue weighted by Gasteiger charge is 2.09. The highest BCUT2D eigenvalue weighted by Crippen LogP contribution is 2.24. The maximum Gasteiger partial charge on any atom is 0.209 e. The smallest absolute Gasteiger partial charge is 0.209 e. The summed E-state index contributed by atoms with van der Waals surface area (Å²) in [6, 6.07) is 12.0. The zero-order valence-electron chi connectivity index (χ0n) is 10.7. The first-order chi connectivity index (χ1) is 9.69. The fourth-order valence-electron chi connectivity index (χ4n) is 2.02. The van der Waals surface area contributed by atoms with E-state index in [0.29, 0.717) is 10.9 Å². The first kappa shape index (κ1) is 13.3. The van der Waals surface area contributed by atoms with E-state index < -0.39 is 0 Å². The summed E-state index contributed by atoms with van der Waals surface area (Å²) in [5.74, 6) is 0. The zero-order valence-corrected chi connectivity index (χ0v) is 13.1. The molecular weight excluding hydrogens is 338 g/mol. The molecule has 0 atom stereocenters. The van der Waals surface area contributed by atoms with Crippen LogP contribution in [0, 0.1) is 0 Å². The quantitative estimate of drug-likeness (QED) is 0.652. The standard InChI is InChI=1S/C15H11BrClN3/c1-2-9-20-13-8-7-12(18-14(13)19-15(20)17)10-3-5-11(16)6-4-10/h2-9H,1H3. The van der Waals surface area contributed by atoms with Gasteiger partial charge in [-0.2, -0.15) is 4.98 Å². The molecule has 0 bridgehead atoms. The molecule has 0 aliphatic rings. The lowest BCUT2D eigenvalue weighted by Crippen LogP contribution is -1.87. The van der Waals surface area contributed by atoms with E-state index in [0.717, 1.165) is 21.2 Å². The highest BCUT2D eigenvalue weighted by molar-refractivity contribution is 9.10. The van der Waals surface area contributed by atoms with E-state index in [1.54, 1.807) is 0 Å². The molecule has 0 amide bonds. The molecule has 0 aliphatic heterocycles. The van der Waals surface area contributed by atoms with Gasteiger partial charge in [-0.05, 0) is 42.8 Å². The number of fused-ring (bicyclic) bond motifs is 1. The molecule has 3 rings (SSSR count). The van der Waals surface area contributed by atoms with Gasteiger partial charge in [0.1, 0.15) is 0 Å². The summed E-state index contributed by atoms with van der Waals surface area (Å²) >= 11 is 9.55. The Morgan fingerprint density at radius 3 is 2.55 bits per heavy atom. The van der Waals surface area contributed by atoms with Gasteiger partial charge in [0.05, 0.1) is 11.2 Å². The van der Waals surface area contributed by atoms with E-state index in [2.05, 4.69) is 25.9 Å². The molecule has 0 spiro atoms. The number of aromatic nitrogens is 3. The third-order valence-corrected chi connectivity index (χ3v) is 3.74. The number of allylic oxidation sites excluding steroid dienone is 1. The van der Waals surface area contributed by atoms with Crippen molar-refractivity contribution in [2.45, 2.75) is 6.92 Å². The summed E-state index contributed by atoms with van der Waals surface area (Å²) in [6.45, 7) is 1.94. The van der Waals surface area contributed by atoms with Crippen molar-refractivity contribution in [3.63, 3.8) is 0 Å². The van der Waals surface area contributed by atoms with Crippen molar-refractivity contribution in [2.75, 3.05) is 0 Å². The molecule has 2 heterocycles. The molecule has 0 unspecified atom stereocenters. The molecule has 0 saturated carbocycles. The average Bonchev–Trinajstić information content (AvgIpc) is 2.76. The fraction of sp³-hybridized carbons (Fsp3) is 0.0667. The van der Waals surface area contributed by atoms with Crippen molar-refractivity contribution in [1.82, 2.24) is 14.5 Å². The van der Waals surface area contributed by atoms with Crippen molar-refractivity contribution in [3.05, 3.63) is 52.2 Å². The second-order valence-corrected chi connectivity index (χ2v) is 5.53. The Kier molecular flexibility index (Phi) is 3.59. The fourth-order valence-corrected chi connectivity index (χ4v) is 2.52. The molecule has 0 aliphatic carbocycles. The van der Waals surface area contributed by atoms with Gasteiger partial charge in [0.2, 0.25) is 5.28 Å². The highest BCUT2D eigenvalue weighted by atomic mass is 79.9. The van der Waals surface area contributed by atoms with E-state index in [9.17, 15) is 0 Å². The summed E-state index contributed by atoms with van der Waals surface area (Å²) in [5.41, 5.74) is 3.47. The monoisotopic (exact) mass is 347 g/mol. The largest absolute Gasteiger partial charge is 0.289 e. The Bertz CT molecular complexity index is 791. The van der Waals surface area contributed by atoms with Crippen molar-refractivity contribution < 1.29 is 0 Å². The van der Waals surface area contributed by atoms with Crippen LogP contribution in [0.5, 0.6) is 0 Å². The Hall–Kier alpha value is -1.65. The van der Waals surface area contributed by atoms with Gasteiger partial charge in [-0.3, -0.25) is 4.57 Å². The number of halogens is 2. The first-order valence-electron chi connectivity index (χ1n) is 6.12. The second kappa shape index (κ2) is 5.38. The molecule has 3 nitrogen and oxygen atoms in total. The molecule has 100 valence electrons. The lowest BCUT2D eigenvalue weighted by molar-refractivity contribution is 1.17. The number of benzene rings is 1. The molecule has 20 heavy (non-hydrogen) atoms. The number of hydrogen-bond acceptors (Lipinski definition) is 2. The SMILES string of the molecule is CC=Cn1c(Cl)nc2nc(-c3ccc(Br)cc3)ccc21. The van der Waals surface area contributed by atoms with Gasteiger partial charge in [-0.25, -0.2) is 4.98 Å². The predicted molar refractivity (Wildman–Crippen MR) is 86.7 cm³/mol. The lowest BCUT2D eigenvalue weighted by atomic mass is 10.1. The van der Waals surface area contributed by atoms with Gasteiger partial charge in [0.15, 0.2) is 5.65 Å². The molecule has 3 aromatic rings. The molecule has 0 N–H and O–H groups in total. The van der Waals surface area contributed by atoms with Crippen LogP contribution in [0.2, 0.25) is 5.28 Å². The van der Waals surface area contributed by atoms with E-state index in [-0.39, 0.29) is 0 Å². The van der Waals surface area contributed by atoms with E-state index in [1.165, 1.54) is 0 Å². The number of rotatable bonds is 2. The Morgan fingerprint density at radius 2 is 1.85 bits per heavy atom. The van der Waals surface area contributed by atoms with Gasteiger partial charge in [0, 0.05) is 16.2 Å². The molecule has 0 radical (unpaired) electrons. The van der Waals surface area contributed by atoms with Crippen LogP contribution in [-0.2, 0) is 0 Å². The van der Waals surface area contributed by atoms with Crippen LogP contribution in [0.25, 0.3) is 28.6 Å². The van der Waals surface area contributed by atoms with Crippen LogP contribution in [0.3, 0.4) is 0 Å². The molecule has 5 heteroatoms. The number of nitrogens with zero attached hydrogens (tertiary/aromatic N) is 3. The number of imidazole rings is 1. The minimum Gasteiger partial charge on any atom is -0.289 e. The van der Waals surface area contributed by atoms with Crippen molar-refractivity contribution in [1.29, 1.82) is 0 Å². The van der Waals surface area contributed by atoms with Crippen LogP contribution in [0.15, 0.2) is 46.9 Å². The summed E-state index contributed by atoms with van der Waals surface area (Å²) in [5, 5.41) is 0.415. The Balaban J connectivity index is 2.14. The van der Waals surface area contributed by atoms with Crippen LogP contribution >= 0.6 is 27.5 Å². The first-order valence-corrected chi connectivity index (χ1v) is 7.29. The molecule has 1 aromatic carbocycles.